The first-order valence-corrected chi connectivity index (χ1v) is 7.57. The highest BCUT2D eigenvalue weighted by Gasteiger charge is 2.23. The van der Waals surface area contributed by atoms with Crippen molar-refractivity contribution in [2.24, 2.45) is 5.41 Å². The van der Waals surface area contributed by atoms with Gasteiger partial charge in [-0.2, -0.15) is 0 Å². The van der Waals surface area contributed by atoms with Gasteiger partial charge in [0.1, 0.15) is 12.6 Å². The minimum atomic E-state index is -1.60. The van der Waals surface area contributed by atoms with Gasteiger partial charge in [0.15, 0.2) is 0 Å². The Morgan fingerprint density at radius 1 is 1.38 bits per heavy atom. The normalized spacial score (nSPS) is 15.8. The van der Waals surface area contributed by atoms with Crippen LogP contribution in [-0.4, -0.2) is 31.7 Å². The van der Waals surface area contributed by atoms with Crippen LogP contribution in [0, 0.1) is 5.41 Å². The van der Waals surface area contributed by atoms with Crippen molar-refractivity contribution in [2.75, 3.05) is 19.8 Å². The number of hydrogen-bond acceptors (Lipinski definition) is 4. The fraction of sp³-hybridized carbons (Fsp3) is 0.909. The zero-order valence-electron chi connectivity index (χ0n) is 10.8. The highest BCUT2D eigenvalue weighted by Crippen LogP contribution is 2.18. The summed E-state index contributed by atoms with van der Waals surface area (Å²) in [7, 11) is -1.60. The van der Waals surface area contributed by atoms with Gasteiger partial charge in [-0.05, 0) is 13.6 Å². The first-order valence-electron chi connectivity index (χ1n) is 5.45. The molecule has 0 aliphatic rings. The number of ether oxygens (including phenoxy) is 2. The second kappa shape index (κ2) is 7.21. The Morgan fingerprint density at radius 3 is 2.38 bits per heavy atom. The first kappa shape index (κ1) is 15.8. The summed E-state index contributed by atoms with van der Waals surface area (Å²) < 4.78 is 21.1. The predicted molar refractivity (Wildman–Crippen MR) is 65.4 cm³/mol. The molecule has 0 rings (SSSR count). The molecule has 0 fully saturated rings. The molecule has 0 aromatic carbocycles. The molecule has 0 radical (unpaired) electrons. The molecule has 0 saturated carbocycles. The van der Waals surface area contributed by atoms with Crippen molar-refractivity contribution in [2.45, 2.75) is 40.2 Å². The molecule has 2 unspecified atom stereocenters. The summed E-state index contributed by atoms with van der Waals surface area (Å²) in [6.07, 6.45) is 0.463. The predicted octanol–water partition coefficient (Wildman–Crippen LogP) is 2.52. The molecule has 16 heavy (non-hydrogen) atoms. The highest BCUT2D eigenvalue weighted by atomic mass is 31.1. The maximum atomic E-state index is 11.7. The van der Waals surface area contributed by atoms with E-state index in [2.05, 4.69) is 0 Å². The van der Waals surface area contributed by atoms with Crippen LogP contribution in [0.1, 0.15) is 34.1 Å². The van der Waals surface area contributed by atoms with Crippen LogP contribution in [0.5, 0.6) is 0 Å². The zero-order chi connectivity index (χ0) is 12.8. The van der Waals surface area contributed by atoms with Gasteiger partial charge in [-0.3, -0.25) is 4.79 Å². The Bertz CT molecular complexity index is 245. The summed E-state index contributed by atoms with van der Waals surface area (Å²) >= 11 is 0. The number of rotatable bonds is 7. The Labute approximate surface area is 98.5 Å². The van der Waals surface area contributed by atoms with Crippen LogP contribution in [0.25, 0.3) is 0 Å². The van der Waals surface area contributed by atoms with E-state index in [1.54, 1.807) is 6.66 Å². The second-order valence-electron chi connectivity index (χ2n) is 5.02. The zero-order valence-corrected chi connectivity index (χ0v) is 11.8. The molecule has 2 atom stereocenters. The van der Waals surface area contributed by atoms with Crippen molar-refractivity contribution < 1.29 is 18.8 Å². The molecular weight excluding hydrogens is 227 g/mol. The van der Waals surface area contributed by atoms with Gasteiger partial charge >= 0.3 is 0 Å². The van der Waals surface area contributed by atoms with Crippen molar-refractivity contribution in [1.82, 2.24) is 0 Å². The monoisotopic (exact) mass is 250 g/mol. The van der Waals surface area contributed by atoms with Crippen LogP contribution in [0.4, 0.5) is 0 Å². The van der Waals surface area contributed by atoms with Gasteiger partial charge in [-0.25, -0.2) is 0 Å². The molecule has 0 aliphatic heterocycles. The van der Waals surface area contributed by atoms with Gasteiger partial charge in [-0.1, -0.05) is 20.8 Å². The Balaban J connectivity index is 3.71. The molecule has 0 N–H and O–H groups in total. The molecular formula is C11H23O4P. The quantitative estimate of drug-likeness (QED) is 0.396. The SMILES string of the molecule is CC(CC(=O)C(C)(C)C)OCOC[PH](C)=O. The highest BCUT2D eigenvalue weighted by molar-refractivity contribution is 7.43. The molecule has 0 aromatic heterocycles. The number of carbonyl (C=O) groups is 1. The summed E-state index contributed by atoms with van der Waals surface area (Å²) in [6, 6.07) is 0. The lowest BCUT2D eigenvalue weighted by Gasteiger charge is -2.19. The second-order valence-corrected chi connectivity index (χ2v) is 6.72. The minimum absolute atomic E-state index is 0.100. The summed E-state index contributed by atoms with van der Waals surface area (Å²) in [4.78, 5) is 11.7. The lowest BCUT2D eigenvalue weighted by molar-refractivity contribution is -0.132. The molecule has 0 heterocycles. The van der Waals surface area contributed by atoms with Crippen LogP contribution in [0.15, 0.2) is 0 Å². The molecule has 0 aromatic rings. The van der Waals surface area contributed by atoms with E-state index in [0.717, 1.165) is 0 Å². The van der Waals surface area contributed by atoms with E-state index in [9.17, 15) is 9.36 Å². The van der Waals surface area contributed by atoms with Crippen LogP contribution >= 0.6 is 7.80 Å². The topological polar surface area (TPSA) is 52.6 Å². The van der Waals surface area contributed by atoms with Crippen molar-refractivity contribution in [1.29, 1.82) is 0 Å². The minimum Gasteiger partial charge on any atom is -0.352 e. The van der Waals surface area contributed by atoms with Crippen molar-refractivity contribution >= 4 is 13.6 Å². The molecule has 0 amide bonds. The van der Waals surface area contributed by atoms with Crippen molar-refractivity contribution in [3.63, 3.8) is 0 Å². The van der Waals surface area contributed by atoms with Gasteiger partial charge in [0, 0.05) is 11.8 Å². The number of hydrogen-bond donors (Lipinski definition) is 0. The maximum Gasteiger partial charge on any atom is 0.147 e. The van der Waals surface area contributed by atoms with Crippen LogP contribution in [-0.2, 0) is 18.8 Å². The Kier molecular flexibility index (Phi) is 7.12. The van der Waals surface area contributed by atoms with Gasteiger partial charge in [-0.15, -0.1) is 0 Å². The molecule has 0 aliphatic carbocycles. The van der Waals surface area contributed by atoms with E-state index in [1.165, 1.54) is 0 Å². The van der Waals surface area contributed by atoms with Gasteiger partial charge in [0.25, 0.3) is 0 Å². The maximum absolute atomic E-state index is 11.7. The molecule has 0 spiro atoms. The number of Topliss-reactive ketones (excluding diaryl/α,β-unsaturated/α-hetero) is 1. The fourth-order valence-electron chi connectivity index (χ4n) is 0.976. The number of ketones is 1. The van der Waals surface area contributed by atoms with Gasteiger partial charge in [0.05, 0.1) is 20.3 Å². The molecule has 5 heteroatoms. The van der Waals surface area contributed by atoms with Crippen molar-refractivity contribution in [3.05, 3.63) is 0 Å². The van der Waals surface area contributed by atoms with E-state index >= 15 is 0 Å². The lowest BCUT2D eigenvalue weighted by atomic mass is 9.88. The molecule has 4 nitrogen and oxygen atoms in total. The lowest BCUT2D eigenvalue weighted by Crippen LogP contribution is -2.25. The molecule has 96 valence electrons. The Hall–Kier alpha value is -0.180. The van der Waals surface area contributed by atoms with E-state index in [-0.39, 0.29) is 30.4 Å². The standard InChI is InChI=1S/C11H23O4P/c1-9(6-10(12)11(2,3)4)15-7-14-8-16(5)13/h9,16H,6-8H2,1-5H3. The molecule has 0 saturated heterocycles. The third kappa shape index (κ3) is 8.03. The first-order chi connectivity index (χ1) is 7.23. The van der Waals surface area contributed by atoms with E-state index in [4.69, 9.17) is 9.47 Å². The Morgan fingerprint density at radius 2 is 1.94 bits per heavy atom. The van der Waals surface area contributed by atoms with Gasteiger partial charge in [0.2, 0.25) is 0 Å². The van der Waals surface area contributed by atoms with E-state index < -0.39 is 7.80 Å². The van der Waals surface area contributed by atoms with E-state index in [1.807, 2.05) is 27.7 Å². The summed E-state index contributed by atoms with van der Waals surface area (Å²) in [6.45, 7) is 9.24. The average Bonchev–Trinajstić information content (AvgIpc) is 2.10. The van der Waals surface area contributed by atoms with Crippen LogP contribution in [0.3, 0.4) is 0 Å². The van der Waals surface area contributed by atoms with Crippen LogP contribution in [0.2, 0.25) is 0 Å². The smallest absolute Gasteiger partial charge is 0.147 e. The number of carbonyl (C=O) groups excluding carboxylic acids is 1. The third-order valence-electron chi connectivity index (χ3n) is 2.05. The summed E-state index contributed by atoms with van der Waals surface area (Å²) in [5, 5.41) is 0. The summed E-state index contributed by atoms with van der Waals surface area (Å²) in [5.74, 6) is 0.170. The van der Waals surface area contributed by atoms with Crippen LogP contribution < -0.4 is 0 Å². The largest absolute Gasteiger partial charge is 0.352 e. The van der Waals surface area contributed by atoms with E-state index in [0.29, 0.717) is 6.42 Å². The average molecular weight is 250 g/mol. The van der Waals surface area contributed by atoms with Gasteiger partial charge < -0.3 is 14.0 Å². The third-order valence-corrected chi connectivity index (χ3v) is 2.66. The molecule has 0 bridgehead atoms. The summed E-state index contributed by atoms with van der Waals surface area (Å²) in [5.41, 5.74) is -0.326. The fourth-order valence-corrected chi connectivity index (χ4v) is 1.35. The van der Waals surface area contributed by atoms with Crippen molar-refractivity contribution in [3.8, 4) is 0 Å².